The molecule has 2 unspecified atom stereocenters. The molecular weight excluding hydrogens is 228 g/mol. The van der Waals surface area contributed by atoms with Crippen LogP contribution < -0.4 is 5.32 Å². The fourth-order valence-electron chi connectivity index (χ4n) is 2.61. The lowest BCUT2D eigenvalue weighted by molar-refractivity contribution is -0.141. The van der Waals surface area contributed by atoms with Crippen LogP contribution in [0.15, 0.2) is 36.7 Å². The number of carboxylic acids is 1. The van der Waals surface area contributed by atoms with E-state index in [2.05, 4.69) is 16.4 Å². The number of nitrogens with one attached hydrogen (secondary N) is 1. The molecule has 2 N–H and O–H groups in total. The molecule has 0 radical (unpaired) electrons. The molecule has 4 nitrogen and oxygen atoms in total. The quantitative estimate of drug-likeness (QED) is 0.845. The van der Waals surface area contributed by atoms with Crippen LogP contribution in [0.1, 0.15) is 18.0 Å². The van der Waals surface area contributed by atoms with E-state index >= 15 is 0 Å². The first-order chi connectivity index (χ1) is 8.75. The normalized spacial score (nSPS) is 23.3. The van der Waals surface area contributed by atoms with Crippen LogP contribution in [-0.2, 0) is 4.79 Å². The van der Waals surface area contributed by atoms with E-state index in [1.54, 1.807) is 6.20 Å². The van der Waals surface area contributed by atoms with Crippen molar-refractivity contribution in [3.05, 3.63) is 42.2 Å². The van der Waals surface area contributed by atoms with Crippen LogP contribution in [0.25, 0.3) is 10.8 Å². The minimum absolute atomic E-state index is 0.122. The van der Waals surface area contributed by atoms with Gasteiger partial charge in [0.25, 0.3) is 0 Å². The molecule has 1 aromatic heterocycles. The lowest BCUT2D eigenvalue weighted by Gasteiger charge is -2.13. The van der Waals surface area contributed by atoms with Gasteiger partial charge in [-0.3, -0.25) is 9.78 Å². The molecule has 1 aliphatic heterocycles. The average molecular weight is 242 g/mol. The predicted octanol–water partition coefficient (Wildman–Crippen LogP) is 1.97. The number of hydrogen-bond acceptors (Lipinski definition) is 3. The Morgan fingerprint density at radius 1 is 1.39 bits per heavy atom. The monoisotopic (exact) mass is 242 g/mol. The zero-order valence-corrected chi connectivity index (χ0v) is 9.84. The molecule has 0 saturated carbocycles. The van der Waals surface area contributed by atoms with E-state index in [4.69, 9.17) is 5.11 Å². The third-order valence-corrected chi connectivity index (χ3v) is 3.57. The van der Waals surface area contributed by atoms with Gasteiger partial charge in [-0.2, -0.15) is 0 Å². The lowest BCUT2D eigenvalue weighted by Crippen LogP contribution is -2.17. The first kappa shape index (κ1) is 11.2. The third-order valence-electron chi connectivity index (χ3n) is 3.57. The molecule has 1 aliphatic rings. The number of pyridine rings is 1. The van der Waals surface area contributed by atoms with Crippen molar-refractivity contribution in [1.82, 2.24) is 10.3 Å². The van der Waals surface area contributed by atoms with Gasteiger partial charge in [0.05, 0.1) is 5.92 Å². The van der Waals surface area contributed by atoms with Crippen LogP contribution in [0.2, 0.25) is 0 Å². The van der Waals surface area contributed by atoms with E-state index < -0.39 is 5.97 Å². The van der Waals surface area contributed by atoms with Crippen LogP contribution in [-0.4, -0.2) is 22.6 Å². The average Bonchev–Trinajstić information content (AvgIpc) is 2.87. The van der Waals surface area contributed by atoms with Gasteiger partial charge in [-0.05, 0) is 23.4 Å². The maximum absolute atomic E-state index is 11.0. The maximum Gasteiger partial charge on any atom is 0.307 e. The second-order valence-electron chi connectivity index (χ2n) is 4.68. The van der Waals surface area contributed by atoms with E-state index in [1.807, 2.05) is 24.4 Å². The minimum atomic E-state index is -0.716. The fourth-order valence-corrected chi connectivity index (χ4v) is 2.61. The summed E-state index contributed by atoms with van der Waals surface area (Å²) in [7, 11) is 0. The Balaban J connectivity index is 1.98. The van der Waals surface area contributed by atoms with Crippen molar-refractivity contribution in [2.75, 3.05) is 6.54 Å². The summed E-state index contributed by atoms with van der Waals surface area (Å²) in [4.78, 5) is 15.1. The van der Waals surface area contributed by atoms with Crippen molar-refractivity contribution in [2.45, 2.75) is 12.5 Å². The molecule has 3 rings (SSSR count). The molecule has 1 saturated heterocycles. The van der Waals surface area contributed by atoms with Crippen molar-refractivity contribution in [3.8, 4) is 0 Å². The number of aliphatic carboxylic acids is 1. The zero-order chi connectivity index (χ0) is 12.5. The van der Waals surface area contributed by atoms with Gasteiger partial charge in [0.1, 0.15) is 0 Å². The summed E-state index contributed by atoms with van der Waals surface area (Å²) in [5, 5.41) is 14.6. The first-order valence-electron chi connectivity index (χ1n) is 6.04. The van der Waals surface area contributed by atoms with Crippen molar-refractivity contribution in [1.29, 1.82) is 0 Å². The SMILES string of the molecule is O=C(O)C1CNC(c2cccc3cnccc23)C1. The molecule has 1 fully saturated rings. The Hall–Kier alpha value is -1.94. The van der Waals surface area contributed by atoms with E-state index in [-0.39, 0.29) is 12.0 Å². The molecule has 0 amide bonds. The van der Waals surface area contributed by atoms with Gasteiger partial charge >= 0.3 is 5.97 Å². The Bertz CT molecular complexity index is 592. The molecule has 0 bridgehead atoms. The summed E-state index contributed by atoms with van der Waals surface area (Å²) in [6.07, 6.45) is 4.26. The second kappa shape index (κ2) is 4.38. The lowest BCUT2D eigenvalue weighted by atomic mass is 9.96. The Kier molecular flexibility index (Phi) is 2.72. The Morgan fingerprint density at radius 2 is 2.28 bits per heavy atom. The van der Waals surface area contributed by atoms with Gasteiger partial charge < -0.3 is 10.4 Å². The molecule has 18 heavy (non-hydrogen) atoms. The summed E-state index contributed by atoms with van der Waals surface area (Å²) in [5.74, 6) is -1.00. The summed E-state index contributed by atoms with van der Waals surface area (Å²) < 4.78 is 0. The highest BCUT2D eigenvalue weighted by Gasteiger charge is 2.30. The molecule has 2 atom stereocenters. The Labute approximate surface area is 105 Å². The van der Waals surface area contributed by atoms with E-state index in [0.717, 1.165) is 10.8 Å². The topological polar surface area (TPSA) is 62.2 Å². The predicted molar refractivity (Wildman–Crippen MR) is 68.2 cm³/mol. The van der Waals surface area contributed by atoms with Crippen LogP contribution >= 0.6 is 0 Å². The minimum Gasteiger partial charge on any atom is -0.481 e. The number of nitrogens with zero attached hydrogens (tertiary/aromatic N) is 1. The van der Waals surface area contributed by atoms with Gasteiger partial charge in [0.15, 0.2) is 0 Å². The van der Waals surface area contributed by atoms with E-state index in [0.29, 0.717) is 13.0 Å². The van der Waals surface area contributed by atoms with Crippen molar-refractivity contribution < 1.29 is 9.90 Å². The van der Waals surface area contributed by atoms with Crippen LogP contribution in [0, 0.1) is 5.92 Å². The molecule has 2 aromatic rings. The highest BCUT2D eigenvalue weighted by molar-refractivity contribution is 5.85. The van der Waals surface area contributed by atoms with Crippen LogP contribution in [0.5, 0.6) is 0 Å². The first-order valence-corrected chi connectivity index (χ1v) is 6.04. The van der Waals surface area contributed by atoms with E-state index in [1.165, 1.54) is 5.56 Å². The van der Waals surface area contributed by atoms with Gasteiger partial charge in [-0.1, -0.05) is 18.2 Å². The number of benzene rings is 1. The standard InChI is InChI=1S/C14H14N2O2/c17-14(18)10-6-13(16-8-10)12-3-1-2-9-7-15-5-4-11(9)12/h1-5,7,10,13,16H,6,8H2,(H,17,18). The molecule has 0 aliphatic carbocycles. The van der Waals surface area contributed by atoms with Crippen LogP contribution in [0.4, 0.5) is 0 Å². The molecule has 2 heterocycles. The van der Waals surface area contributed by atoms with Crippen molar-refractivity contribution in [2.24, 2.45) is 5.92 Å². The van der Waals surface area contributed by atoms with Crippen molar-refractivity contribution in [3.63, 3.8) is 0 Å². The zero-order valence-electron chi connectivity index (χ0n) is 9.84. The largest absolute Gasteiger partial charge is 0.481 e. The number of carbonyl (C=O) groups is 1. The number of rotatable bonds is 2. The molecule has 4 heteroatoms. The number of hydrogen-bond donors (Lipinski definition) is 2. The van der Waals surface area contributed by atoms with E-state index in [9.17, 15) is 4.79 Å². The smallest absolute Gasteiger partial charge is 0.307 e. The Morgan fingerprint density at radius 3 is 3.06 bits per heavy atom. The number of aromatic nitrogens is 1. The fraction of sp³-hybridized carbons (Fsp3) is 0.286. The summed E-state index contributed by atoms with van der Waals surface area (Å²) in [6, 6.07) is 8.19. The summed E-state index contributed by atoms with van der Waals surface area (Å²) in [6.45, 7) is 0.543. The molecular formula is C14H14N2O2. The third kappa shape index (κ3) is 1.84. The van der Waals surface area contributed by atoms with Gasteiger partial charge in [-0.15, -0.1) is 0 Å². The van der Waals surface area contributed by atoms with Crippen molar-refractivity contribution >= 4 is 16.7 Å². The summed E-state index contributed by atoms with van der Waals surface area (Å²) in [5.41, 5.74) is 1.17. The van der Waals surface area contributed by atoms with Gasteiger partial charge in [0.2, 0.25) is 0 Å². The van der Waals surface area contributed by atoms with Gasteiger partial charge in [0, 0.05) is 30.4 Å². The highest BCUT2D eigenvalue weighted by atomic mass is 16.4. The number of carboxylic acid groups (broad SMARTS) is 1. The second-order valence-corrected chi connectivity index (χ2v) is 4.68. The maximum atomic E-state index is 11.0. The molecule has 0 spiro atoms. The summed E-state index contributed by atoms with van der Waals surface area (Å²) >= 11 is 0. The molecule has 1 aromatic carbocycles. The molecule has 92 valence electrons. The number of fused-ring (bicyclic) bond motifs is 1. The van der Waals surface area contributed by atoms with Gasteiger partial charge in [-0.25, -0.2) is 0 Å². The van der Waals surface area contributed by atoms with Crippen LogP contribution in [0.3, 0.4) is 0 Å². The highest BCUT2D eigenvalue weighted by Crippen LogP contribution is 2.31.